The highest BCUT2D eigenvalue weighted by atomic mass is 127. The van der Waals surface area contributed by atoms with E-state index in [1.807, 2.05) is 47.0 Å². The Bertz CT molecular complexity index is 736. The number of imidazole rings is 1. The second-order valence-electron chi connectivity index (χ2n) is 3.89. The number of fused-ring (bicyclic) bond motifs is 1. The molecule has 0 fully saturated rings. The molecule has 1 aromatic heterocycles. The molecule has 2 N–H and O–H groups in total. The molecule has 0 saturated heterocycles. The lowest BCUT2D eigenvalue weighted by Crippen LogP contribution is -2.00. The first-order chi connectivity index (χ1) is 8.66. The van der Waals surface area contributed by atoms with Gasteiger partial charge in [0.15, 0.2) is 0 Å². The Labute approximate surface area is 123 Å². The second-order valence-corrected chi connectivity index (χ2v) is 5.54. The van der Waals surface area contributed by atoms with Gasteiger partial charge in [0.25, 0.3) is 0 Å². The molecule has 3 rings (SSSR count). The smallest absolute Gasteiger partial charge is 0.205 e. The number of nitrogens with zero attached hydrogens (tertiary/aromatic N) is 2. The standard InChI is InChI=1S/C13H9ClIN3/c14-9-3-1-2-4-11(9)18-12-6-5-8(15)7-10(12)17-13(18)16/h1-7H,(H2,16,17). The van der Waals surface area contributed by atoms with E-state index >= 15 is 0 Å². The Morgan fingerprint density at radius 3 is 2.72 bits per heavy atom. The predicted octanol–water partition coefficient (Wildman–Crippen LogP) is 3.87. The quantitative estimate of drug-likeness (QED) is 0.662. The van der Waals surface area contributed by atoms with Crippen molar-refractivity contribution in [2.45, 2.75) is 0 Å². The van der Waals surface area contributed by atoms with Crippen LogP contribution in [0.25, 0.3) is 16.7 Å². The van der Waals surface area contributed by atoms with Crippen LogP contribution in [0, 0.1) is 3.57 Å². The van der Waals surface area contributed by atoms with E-state index < -0.39 is 0 Å². The number of hydrogen-bond donors (Lipinski definition) is 1. The molecule has 0 atom stereocenters. The molecule has 0 spiro atoms. The molecule has 18 heavy (non-hydrogen) atoms. The van der Waals surface area contributed by atoms with Crippen molar-refractivity contribution in [3.8, 4) is 5.69 Å². The number of hydrogen-bond acceptors (Lipinski definition) is 2. The van der Waals surface area contributed by atoms with Crippen molar-refractivity contribution in [2.24, 2.45) is 0 Å². The molecule has 2 aromatic carbocycles. The lowest BCUT2D eigenvalue weighted by Gasteiger charge is -2.08. The van der Waals surface area contributed by atoms with Crippen molar-refractivity contribution in [1.29, 1.82) is 0 Å². The van der Waals surface area contributed by atoms with Gasteiger partial charge < -0.3 is 5.73 Å². The molecule has 0 radical (unpaired) electrons. The number of nitrogens with two attached hydrogens (primary N) is 1. The number of nitrogen functional groups attached to an aromatic ring is 1. The SMILES string of the molecule is Nc1nc2cc(I)ccc2n1-c1ccccc1Cl. The average Bonchev–Trinajstić information content (AvgIpc) is 2.65. The van der Waals surface area contributed by atoms with E-state index in [0.717, 1.165) is 20.3 Å². The summed E-state index contributed by atoms with van der Waals surface area (Å²) in [5.41, 5.74) is 8.68. The van der Waals surface area contributed by atoms with Gasteiger partial charge in [-0.2, -0.15) is 0 Å². The molecular weight excluding hydrogens is 361 g/mol. The van der Waals surface area contributed by atoms with Gasteiger partial charge in [-0.05, 0) is 52.9 Å². The highest BCUT2D eigenvalue weighted by molar-refractivity contribution is 14.1. The fourth-order valence-electron chi connectivity index (χ4n) is 1.96. The number of benzene rings is 2. The first-order valence-corrected chi connectivity index (χ1v) is 6.81. The van der Waals surface area contributed by atoms with Gasteiger partial charge >= 0.3 is 0 Å². The number of aromatic nitrogens is 2. The van der Waals surface area contributed by atoms with Crippen LogP contribution in [0.3, 0.4) is 0 Å². The predicted molar refractivity (Wildman–Crippen MR) is 83.2 cm³/mol. The van der Waals surface area contributed by atoms with E-state index in [-0.39, 0.29) is 0 Å². The minimum Gasteiger partial charge on any atom is -0.369 e. The van der Waals surface area contributed by atoms with Crippen molar-refractivity contribution in [2.75, 3.05) is 5.73 Å². The van der Waals surface area contributed by atoms with Gasteiger partial charge in [-0.1, -0.05) is 23.7 Å². The highest BCUT2D eigenvalue weighted by Gasteiger charge is 2.12. The Hall–Kier alpha value is -1.27. The molecule has 0 unspecified atom stereocenters. The van der Waals surface area contributed by atoms with Gasteiger partial charge in [-0.3, -0.25) is 4.57 Å². The lowest BCUT2D eigenvalue weighted by atomic mass is 10.3. The zero-order valence-corrected chi connectivity index (χ0v) is 12.2. The van der Waals surface area contributed by atoms with Crippen LogP contribution >= 0.6 is 34.2 Å². The molecule has 0 saturated carbocycles. The third-order valence-corrected chi connectivity index (χ3v) is 3.73. The van der Waals surface area contributed by atoms with E-state index in [1.54, 1.807) is 0 Å². The molecule has 0 amide bonds. The highest BCUT2D eigenvalue weighted by Crippen LogP contribution is 2.28. The summed E-state index contributed by atoms with van der Waals surface area (Å²) in [6, 6.07) is 13.6. The normalized spacial score (nSPS) is 11.0. The minimum atomic E-state index is 0.445. The van der Waals surface area contributed by atoms with E-state index in [4.69, 9.17) is 17.3 Å². The van der Waals surface area contributed by atoms with E-state index in [1.165, 1.54) is 0 Å². The molecule has 0 aliphatic heterocycles. The maximum Gasteiger partial charge on any atom is 0.205 e. The number of rotatable bonds is 1. The zero-order valence-electron chi connectivity index (χ0n) is 9.27. The summed E-state index contributed by atoms with van der Waals surface area (Å²) in [4.78, 5) is 4.37. The van der Waals surface area contributed by atoms with Crippen LogP contribution in [0.4, 0.5) is 5.95 Å². The fraction of sp³-hybridized carbons (Fsp3) is 0. The summed E-state index contributed by atoms with van der Waals surface area (Å²) < 4.78 is 3.00. The van der Waals surface area contributed by atoms with Crippen molar-refractivity contribution in [1.82, 2.24) is 9.55 Å². The van der Waals surface area contributed by atoms with Crippen LogP contribution in [0.2, 0.25) is 5.02 Å². The average molecular weight is 370 g/mol. The first-order valence-electron chi connectivity index (χ1n) is 5.35. The van der Waals surface area contributed by atoms with Crippen LogP contribution in [0.5, 0.6) is 0 Å². The fourth-order valence-corrected chi connectivity index (χ4v) is 2.65. The summed E-state index contributed by atoms with van der Waals surface area (Å²) in [6.07, 6.45) is 0. The van der Waals surface area contributed by atoms with E-state index in [2.05, 4.69) is 27.6 Å². The third-order valence-electron chi connectivity index (χ3n) is 2.74. The van der Waals surface area contributed by atoms with Gasteiger partial charge in [0, 0.05) is 3.57 Å². The maximum absolute atomic E-state index is 6.21. The summed E-state index contributed by atoms with van der Waals surface area (Å²) >= 11 is 8.47. The Kier molecular flexibility index (Phi) is 2.91. The zero-order chi connectivity index (χ0) is 12.7. The minimum absolute atomic E-state index is 0.445. The van der Waals surface area contributed by atoms with Crippen molar-refractivity contribution >= 4 is 51.2 Å². The van der Waals surface area contributed by atoms with Gasteiger partial charge in [-0.25, -0.2) is 4.98 Å². The largest absolute Gasteiger partial charge is 0.369 e. The number of halogens is 2. The first kappa shape index (κ1) is 11.8. The van der Waals surface area contributed by atoms with Crippen LogP contribution in [-0.4, -0.2) is 9.55 Å². The van der Waals surface area contributed by atoms with E-state index in [9.17, 15) is 0 Å². The number of para-hydroxylation sites is 1. The molecule has 3 nitrogen and oxygen atoms in total. The molecule has 0 aliphatic carbocycles. The van der Waals surface area contributed by atoms with Gasteiger partial charge in [0.05, 0.1) is 21.7 Å². The second kappa shape index (κ2) is 4.44. The molecule has 5 heteroatoms. The van der Waals surface area contributed by atoms with Gasteiger partial charge in [0.1, 0.15) is 0 Å². The van der Waals surface area contributed by atoms with Crippen molar-refractivity contribution in [3.05, 3.63) is 51.1 Å². The van der Waals surface area contributed by atoms with E-state index in [0.29, 0.717) is 11.0 Å². The van der Waals surface area contributed by atoms with Gasteiger partial charge in [0.2, 0.25) is 5.95 Å². The summed E-state index contributed by atoms with van der Waals surface area (Å²) in [6.45, 7) is 0. The Balaban J connectivity index is 2.36. The molecular formula is C13H9ClIN3. The summed E-state index contributed by atoms with van der Waals surface area (Å²) in [7, 11) is 0. The Morgan fingerprint density at radius 2 is 1.94 bits per heavy atom. The molecule has 3 aromatic rings. The maximum atomic E-state index is 6.21. The van der Waals surface area contributed by atoms with Crippen LogP contribution in [0.15, 0.2) is 42.5 Å². The topological polar surface area (TPSA) is 43.8 Å². The van der Waals surface area contributed by atoms with Crippen LogP contribution in [-0.2, 0) is 0 Å². The van der Waals surface area contributed by atoms with Crippen molar-refractivity contribution in [3.63, 3.8) is 0 Å². The summed E-state index contributed by atoms with van der Waals surface area (Å²) in [5, 5.41) is 0.655. The molecule has 0 bridgehead atoms. The molecule has 0 aliphatic rings. The lowest BCUT2D eigenvalue weighted by molar-refractivity contribution is 1.11. The summed E-state index contributed by atoms with van der Waals surface area (Å²) in [5.74, 6) is 0.445. The molecule has 1 heterocycles. The third kappa shape index (κ3) is 1.85. The van der Waals surface area contributed by atoms with Gasteiger partial charge in [-0.15, -0.1) is 0 Å². The van der Waals surface area contributed by atoms with Crippen molar-refractivity contribution < 1.29 is 0 Å². The number of anilines is 1. The van der Waals surface area contributed by atoms with Crippen LogP contribution < -0.4 is 5.73 Å². The van der Waals surface area contributed by atoms with Crippen LogP contribution in [0.1, 0.15) is 0 Å². The molecule has 90 valence electrons. The Morgan fingerprint density at radius 1 is 1.17 bits per heavy atom. The monoisotopic (exact) mass is 369 g/mol.